The number of nitrogens with one attached hydrogen (secondary N) is 1. The van der Waals surface area contributed by atoms with Gasteiger partial charge in [0.15, 0.2) is 5.69 Å². The molecule has 5 nitrogen and oxygen atoms in total. The molecule has 0 unspecified atom stereocenters. The molecular weight excluding hydrogens is 427 g/mol. The van der Waals surface area contributed by atoms with Crippen molar-refractivity contribution in [1.29, 1.82) is 0 Å². The van der Waals surface area contributed by atoms with Crippen LogP contribution in [0.4, 0.5) is 0 Å². The maximum absolute atomic E-state index is 13.1. The van der Waals surface area contributed by atoms with Crippen LogP contribution in [0.5, 0.6) is 0 Å². The van der Waals surface area contributed by atoms with E-state index in [9.17, 15) is 4.79 Å². The molecule has 1 amide bonds. The number of fused-ring (bicyclic) bond motifs is 3. The summed E-state index contributed by atoms with van der Waals surface area (Å²) < 4.78 is 1.82. The largest absolute Gasteiger partial charge is 0.286 e. The van der Waals surface area contributed by atoms with E-state index < -0.39 is 0 Å². The van der Waals surface area contributed by atoms with Gasteiger partial charge in [0.05, 0.1) is 16.4 Å². The van der Waals surface area contributed by atoms with Gasteiger partial charge in [-0.3, -0.25) is 10.2 Å². The molecule has 1 fully saturated rings. The highest BCUT2D eigenvalue weighted by atomic mass is 35.5. The number of hydrazine groups is 1. The van der Waals surface area contributed by atoms with E-state index in [0.29, 0.717) is 15.7 Å². The van der Waals surface area contributed by atoms with Gasteiger partial charge < -0.3 is 0 Å². The van der Waals surface area contributed by atoms with E-state index in [4.69, 9.17) is 28.3 Å². The number of rotatable bonds is 3. The smallest absolute Gasteiger partial charge is 0.283 e. The second-order valence-electron chi connectivity index (χ2n) is 7.51. The number of aromatic nitrogens is 2. The second kappa shape index (κ2) is 7.43. The van der Waals surface area contributed by atoms with Gasteiger partial charge in [-0.2, -0.15) is 5.10 Å². The van der Waals surface area contributed by atoms with Crippen LogP contribution in [-0.4, -0.2) is 33.8 Å². The molecule has 5 rings (SSSR count). The standard InChI is InChI=1S/C21H20Cl2N4OS/c1-12-10-15-18(29-12)7-5-14-19(21(28)25-26-8-2-3-9-26)24-27(20(14)15)17-6-4-13(22)11-16(17)23/h4,6,10-11H,2-3,5,7-9H2,1H3,(H,25,28). The van der Waals surface area contributed by atoms with Gasteiger partial charge in [0.2, 0.25) is 0 Å². The summed E-state index contributed by atoms with van der Waals surface area (Å²) in [5.41, 5.74) is 7.33. The number of amides is 1. The van der Waals surface area contributed by atoms with Gasteiger partial charge in [-0.1, -0.05) is 23.2 Å². The number of benzene rings is 1. The van der Waals surface area contributed by atoms with Gasteiger partial charge in [0.25, 0.3) is 5.91 Å². The molecule has 3 aromatic rings. The third-order valence-electron chi connectivity index (χ3n) is 5.49. The van der Waals surface area contributed by atoms with Crippen LogP contribution in [-0.2, 0) is 12.8 Å². The normalized spacial score (nSPS) is 16.0. The molecular formula is C21H20Cl2N4OS. The number of carbonyl (C=O) groups excluding carboxylic acids is 1. The number of carbonyl (C=O) groups is 1. The molecule has 0 atom stereocenters. The first-order chi connectivity index (χ1) is 14.0. The monoisotopic (exact) mass is 446 g/mol. The molecule has 0 bridgehead atoms. The lowest BCUT2D eigenvalue weighted by Gasteiger charge is -2.17. The van der Waals surface area contributed by atoms with Crippen molar-refractivity contribution in [1.82, 2.24) is 20.2 Å². The van der Waals surface area contributed by atoms with Crippen LogP contribution < -0.4 is 5.43 Å². The molecule has 150 valence electrons. The van der Waals surface area contributed by atoms with Gasteiger partial charge in [-0.15, -0.1) is 11.3 Å². The van der Waals surface area contributed by atoms with Crippen LogP contribution in [0.2, 0.25) is 10.0 Å². The highest BCUT2D eigenvalue weighted by molar-refractivity contribution is 7.12. The fraction of sp³-hybridized carbons (Fsp3) is 0.333. The minimum atomic E-state index is -0.151. The maximum Gasteiger partial charge on any atom is 0.286 e. The van der Waals surface area contributed by atoms with Crippen LogP contribution in [0.15, 0.2) is 24.3 Å². The Morgan fingerprint density at radius 1 is 1.17 bits per heavy atom. The van der Waals surface area contributed by atoms with Crippen LogP contribution in [0, 0.1) is 6.92 Å². The molecule has 29 heavy (non-hydrogen) atoms. The van der Waals surface area contributed by atoms with Crippen molar-refractivity contribution >= 4 is 40.4 Å². The molecule has 1 saturated heterocycles. The van der Waals surface area contributed by atoms with E-state index in [1.54, 1.807) is 23.5 Å². The first kappa shape index (κ1) is 19.1. The zero-order valence-electron chi connectivity index (χ0n) is 16.0. The molecule has 1 N–H and O–H groups in total. The van der Waals surface area contributed by atoms with E-state index in [0.717, 1.165) is 61.3 Å². The predicted octanol–water partition coefficient (Wildman–Crippen LogP) is 5.06. The fourth-order valence-corrected chi connectivity index (χ4v) is 5.71. The third-order valence-corrected chi connectivity index (χ3v) is 7.14. The summed E-state index contributed by atoms with van der Waals surface area (Å²) >= 11 is 14.4. The van der Waals surface area contributed by atoms with Crippen molar-refractivity contribution in [3.63, 3.8) is 0 Å². The number of nitrogens with zero attached hydrogens (tertiary/aromatic N) is 3. The first-order valence-electron chi connectivity index (χ1n) is 9.74. The molecule has 1 aromatic carbocycles. The van der Waals surface area contributed by atoms with E-state index in [1.807, 2.05) is 15.8 Å². The quantitative estimate of drug-likeness (QED) is 0.611. The zero-order valence-corrected chi connectivity index (χ0v) is 18.3. The van der Waals surface area contributed by atoms with Crippen molar-refractivity contribution < 1.29 is 4.79 Å². The average molecular weight is 447 g/mol. The lowest BCUT2D eigenvalue weighted by molar-refractivity contribution is 0.0819. The Balaban J connectivity index is 1.66. The summed E-state index contributed by atoms with van der Waals surface area (Å²) in [4.78, 5) is 15.7. The number of thiophene rings is 1. The molecule has 2 aliphatic rings. The summed E-state index contributed by atoms with van der Waals surface area (Å²) in [5.74, 6) is -0.151. The van der Waals surface area contributed by atoms with Crippen molar-refractivity contribution in [3.05, 3.63) is 55.3 Å². The molecule has 8 heteroatoms. The number of hydrogen-bond acceptors (Lipinski definition) is 4. The van der Waals surface area contributed by atoms with Crippen LogP contribution in [0.25, 0.3) is 16.9 Å². The summed E-state index contributed by atoms with van der Waals surface area (Å²) in [5, 5.41) is 7.81. The summed E-state index contributed by atoms with van der Waals surface area (Å²) in [6.45, 7) is 3.87. The summed E-state index contributed by atoms with van der Waals surface area (Å²) in [6, 6.07) is 7.54. The number of aryl methyl sites for hydroxylation is 2. The molecule has 3 heterocycles. The maximum atomic E-state index is 13.1. The van der Waals surface area contributed by atoms with Crippen molar-refractivity contribution in [2.24, 2.45) is 0 Å². The Morgan fingerprint density at radius 3 is 2.72 bits per heavy atom. The van der Waals surface area contributed by atoms with Crippen LogP contribution in [0.1, 0.15) is 38.6 Å². The highest BCUT2D eigenvalue weighted by Crippen LogP contribution is 2.42. The topological polar surface area (TPSA) is 50.2 Å². The lowest BCUT2D eigenvalue weighted by Crippen LogP contribution is -2.40. The summed E-state index contributed by atoms with van der Waals surface area (Å²) in [6.07, 6.45) is 3.91. The first-order valence-corrected chi connectivity index (χ1v) is 11.3. The fourth-order valence-electron chi connectivity index (χ4n) is 4.19. The molecule has 2 aromatic heterocycles. The Labute approximate surface area is 183 Å². The Morgan fingerprint density at radius 2 is 1.97 bits per heavy atom. The van der Waals surface area contributed by atoms with Gasteiger partial charge in [-0.05, 0) is 56.9 Å². The Hall–Kier alpha value is -1.86. The SMILES string of the molecule is Cc1cc2c(s1)CCc1c(C(=O)NN3CCCC3)nn(-c3ccc(Cl)cc3Cl)c1-2. The van der Waals surface area contributed by atoms with Gasteiger partial charge >= 0.3 is 0 Å². The molecule has 1 aliphatic carbocycles. The molecule has 0 radical (unpaired) electrons. The van der Waals surface area contributed by atoms with E-state index in [1.165, 1.54) is 9.75 Å². The van der Waals surface area contributed by atoms with E-state index in [2.05, 4.69) is 18.4 Å². The van der Waals surface area contributed by atoms with Crippen LogP contribution >= 0.6 is 34.5 Å². The van der Waals surface area contributed by atoms with E-state index >= 15 is 0 Å². The van der Waals surface area contributed by atoms with Gasteiger partial charge in [0, 0.05) is 39.0 Å². The van der Waals surface area contributed by atoms with Crippen molar-refractivity contribution in [2.75, 3.05) is 13.1 Å². The summed E-state index contributed by atoms with van der Waals surface area (Å²) in [7, 11) is 0. The molecule has 0 spiro atoms. The number of halogens is 2. The van der Waals surface area contributed by atoms with Crippen LogP contribution in [0.3, 0.4) is 0 Å². The Kier molecular flexibility index (Phi) is 4.90. The minimum absolute atomic E-state index is 0.151. The van der Waals surface area contributed by atoms with Gasteiger partial charge in [-0.25, -0.2) is 9.69 Å². The Bertz CT molecular complexity index is 1110. The molecule has 0 saturated carbocycles. The van der Waals surface area contributed by atoms with Crippen molar-refractivity contribution in [3.8, 4) is 16.9 Å². The zero-order chi connectivity index (χ0) is 20.1. The van der Waals surface area contributed by atoms with Crippen molar-refractivity contribution in [2.45, 2.75) is 32.6 Å². The predicted molar refractivity (Wildman–Crippen MR) is 117 cm³/mol. The molecule has 1 aliphatic heterocycles. The van der Waals surface area contributed by atoms with Gasteiger partial charge in [0.1, 0.15) is 0 Å². The lowest BCUT2D eigenvalue weighted by atomic mass is 9.94. The minimum Gasteiger partial charge on any atom is -0.283 e. The second-order valence-corrected chi connectivity index (χ2v) is 9.70. The third kappa shape index (κ3) is 3.38. The average Bonchev–Trinajstić information content (AvgIpc) is 3.39. The highest BCUT2D eigenvalue weighted by Gasteiger charge is 2.31. The van der Waals surface area contributed by atoms with E-state index in [-0.39, 0.29) is 5.91 Å². The number of hydrogen-bond donors (Lipinski definition) is 1.